The number of sulfone groups is 2. The van der Waals surface area contributed by atoms with E-state index in [0.29, 0.717) is 75.5 Å². The second-order valence-corrected chi connectivity index (χ2v) is 36.1. The van der Waals surface area contributed by atoms with Gasteiger partial charge in [0.1, 0.15) is 69.0 Å². The number of benzene rings is 12. The molecule has 3 fully saturated rings. The summed E-state index contributed by atoms with van der Waals surface area (Å²) in [6.45, 7) is 17.4. The summed E-state index contributed by atoms with van der Waals surface area (Å²) in [5.74, 6) is 12.3. The molecule has 15 rings (SSSR count). The lowest BCUT2D eigenvalue weighted by Gasteiger charge is -2.37. The van der Waals surface area contributed by atoms with Gasteiger partial charge in [0, 0.05) is 46.7 Å². The molecule has 8 atom stereocenters. The van der Waals surface area contributed by atoms with E-state index in [4.69, 9.17) is 62.8 Å². The Morgan fingerprint density at radius 3 is 0.907 bits per heavy atom. The molecule has 0 heterocycles. The molecule has 8 unspecified atom stereocenters. The Balaban J connectivity index is 0.000000152. The van der Waals surface area contributed by atoms with E-state index in [2.05, 4.69) is 65.8 Å². The number of nitrogen functional groups attached to an aromatic ring is 3. The van der Waals surface area contributed by atoms with Crippen molar-refractivity contribution in [3.8, 4) is 69.0 Å². The third-order valence-electron chi connectivity index (χ3n) is 22.1. The van der Waals surface area contributed by atoms with Gasteiger partial charge in [0.2, 0.25) is 19.7 Å². The van der Waals surface area contributed by atoms with Gasteiger partial charge in [-0.05, 0) is 343 Å². The molecule has 0 radical (unpaired) electrons. The molecule has 12 aromatic rings. The van der Waals surface area contributed by atoms with Crippen molar-refractivity contribution in [2.45, 2.75) is 169 Å². The van der Waals surface area contributed by atoms with E-state index in [1.165, 1.54) is 136 Å². The van der Waals surface area contributed by atoms with Crippen LogP contribution >= 0.6 is 0 Å². The molecule has 12 aromatic carbocycles. The van der Waals surface area contributed by atoms with E-state index in [1.54, 1.807) is 97.1 Å². The molecule has 0 aliphatic heterocycles. The molecule has 18 heteroatoms. The molecule has 3 aliphatic carbocycles. The Kier molecular flexibility index (Phi) is 30.5. The van der Waals surface area contributed by atoms with Gasteiger partial charge < -0.3 is 62.8 Å². The fourth-order valence-electron chi connectivity index (χ4n) is 14.9. The summed E-state index contributed by atoms with van der Waals surface area (Å²) in [4.78, 5) is 0.744. The highest BCUT2D eigenvalue weighted by atomic mass is 32.2. The van der Waals surface area contributed by atoms with Crippen LogP contribution < -0.4 is 62.8 Å². The molecule has 3 aliphatic rings. The van der Waals surface area contributed by atoms with Crippen LogP contribution in [0.5, 0.6) is 69.0 Å². The molecular formula is C100H114N6O10S2. The Hall–Kier alpha value is -11.4. The predicted molar refractivity (Wildman–Crippen MR) is 477 cm³/mol. The van der Waals surface area contributed by atoms with Crippen LogP contribution in [-0.2, 0) is 25.1 Å². The summed E-state index contributed by atoms with van der Waals surface area (Å²) in [6.07, 6.45) is 14.6. The molecule has 3 saturated carbocycles. The zero-order valence-corrected chi connectivity index (χ0v) is 70.6. The SMILES string of the molecule is CC1CC(CC2CCC(N)C(C)C2)CCC1N.CC1CCCC(N)C1.Cc1ccc(Oc2ccc(C(C)(C)c3ccc(Oc4ccc(N)cc4)cc3)cc2)cc1.Cc1ccc(Oc2ccc(S(=O)(=O)c3ccc(Oc4ccc(N)cc4)cc3)cc2)cc1.Cc1cccc(Oc2ccc(S(=O)(=O)c3ccc(Oc4cccc(N)c4)cc3)cc2)c1. The van der Waals surface area contributed by atoms with E-state index < -0.39 is 19.7 Å². The number of rotatable bonds is 20. The van der Waals surface area contributed by atoms with Crippen molar-refractivity contribution in [2.75, 3.05) is 17.2 Å². The van der Waals surface area contributed by atoms with Crippen molar-refractivity contribution in [3.05, 3.63) is 319 Å². The van der Waals surface area contributed by atoms with E-state index in [-0.39, 0.29) is 25.0 Å². The molecule has 0 spiro atoms. The number of aryl methyl sites for hydroxylation is 3. The highest BCUT2D eigenvalue weighted by Gasteiger charge is 2.31. The van der Waals surface area contributed by atoms with Crippen LogP contribution in [0.2, 0.25) is 0 Å². The first kappa shape index (κ1) is 87.5. The van der Waals surface area contributed by atoms with Crippen molar-refractivity contribution in [2.24, 2.45) is 46.8 Å². The zero-order valence-electron chi connectivity index (χ0n) is 69.0. The van der Waals surface area contributed by atoms with Crippen LogP contribution in [0.4, 0.5) is 17.1 Å². The number of anilines is 3. The van der Waals surface area contributed by atoms with Crippen molar-refractivity contribution in [1.82, 2.24) is 0 Å². The minimum Gasteiger partial charge on any atom is -0.457 e. The first-order chi connectivity index (χ1) is 56.5. The second kappa shape index (κ2) is 41.1. The summed E-state index contributed by atoms with van der Waals surface area (Å²) in [5.41, 5.74) is 42.7. The van der Waals surface area contributed by atoms with E-state index in [1.807, 2.05) is 135 Å². The van der Waals surface area contributed by atoms with Gasteiger partial charge in [0.05, 0.1) is 19.6 Å². The van der Waals surface area contributed by atoms with Crippen LogP contribution in [0.15, 0.2) is 311 Å². The summed E-state index contributed by atoms with van der Waals surface area (Å²) in [6, 6.07) is 88.1. The summed E-state index contributed by atoms with van der Waals surface area (Å²) >= 11 is 0. The third-order valence-corrected chi connectivity index (χ3v) is 25.7. The molecule has 0 amide bonds. The molecule has 16 nitrogen and oxygen atoms in total. The Morgan fingerprint density at radius 2 is 0.610 bits per heavy atom. The number of hydrogen-bond acceptors (Lipinski definition) is 16. The van der Waals surface area contributed by atoms with Crippen molar-refractivity contribution < 1.29 is 45.3 Å². The second-order valence-electron chi connectivity index (χ2n) is 32.2. The Labute approximate surface area is 698 Å². The Bertz CT molecular complexity index is 5040. The summed E-state index contributed by atoms with van der Waals surface area (Å²) < 4.78 is 86.7. The lowest BCUT2D eigenvalue weighted by molar-refractivity contribution is 0.169. The fraction of sp³-hybridized carbons (Fsp3) is 0.280. The van der Waals surface area contributed by atoms with Crippen LogP contribution in [0, 0.1) is 50.4 Å². The van der Waals surface area contributed by atoms with Crippen molar-refractivity contribution >= 4 is 36.7 Å². The van der Waals surface area contributed by atoms with Crippen molar-refractivity contribution in [1.29, 1.82) is 0 Å². The number of hydrogen-bond donors (Lipinski definition) is 6. The van der Waals surface area contributed by atoms with Gasteiger partial charge in [0.25, 0.3) is 0 Å². The van der Waals surface area contributed by atoms with Gasteiger partial charge in [-0.1, -0.05) is 125 Å². The highest BCUT2D eigenvalue weighted by Crippen LogP contribution is 2.40. The van der Waals surface area contributed by atoms with Gasteiger partial charge in [0.15, 0.2) is 0 Å². The van der Waals surface area contributed by atoms with Gasteiger partial charge in [-0.15, -0.1) is 0 Å². The average Bonchev–Trinajstić information content (AvgIpc) is 0.807. The third kappa shape index (κ3) is 25.8. The van der Waals surface area contributed by atoms with Gasteiger partial charge in [-0.3, -0.25) is 0 Å². The normalized spacial score (nSPS) is 18.4. The largest absolute Gasteiger partial charge is 0.457 e. The summed E-state index contributed by atoms with van der Waals surface area (Å²) in [7, 11) is -7.32. The molecule has 0 saturated heterocycles. The lowest BCUT2D eigenvalue weighted by atomic mass is 9.71. The van der Waals surface area contributed by atoms with Crippen LogP contribution in [-0.4, -0.2) is 35.0 Å². The first-order valence-electron chi connectivity index (χ1n) is 40.8. The predicted octanol–water partition coefficient (Wildman–Crippen LogP) is 23.9. The maximum atomic E-state index is 13.0. The first-order valence-corrected chi connectivity index (χ1v) is 43.7. The molecule has 616 valence electrons. The summed E-state index contributed by atoms with van der Waals surface area (Å²) in [5, 5.41) is 0. The van der Waals surface area contributed by atoms with E-state index in [0.717, 1.165) is 69.4 Å². The molecular weight excluding hydrogens is 1510 g/mol. The Morgan fingerprint density at radius 1 is 0.314 bits per heavy atom. The maximum Gasteiger partial charge on any atom is 0.206 e. The van der Waals surface area contributed by atoms with E-state index >= 15 is 0 Å². The van der Waals surface area contributed by atoms with Crippen molar-refractivity contribution in [3.63, 3.8) is 0 Å². The highest BCUT2D eigenvalue weighted by molar-refractivity contribution is 7.91. The minimum atomic E-state index is -3.66. The number of ether oxygens (including phenoxy) is 6. The molecule has 118 heavy (non-hydrogen) atoms. The smallest absolute Gasteiger partial charge is 0.206 e. The lowest BCUT2D eigenvalue weighted by Crippen LogP contribution is -2.37. The topological polar surface area (TPSA) is 280 Å². The van der Waals surface area contributed by atoms with Gasteiger partial charge in [-0.25, -0.2) is 16.8 Å². The van der Waals surface area contributed by atoms with Gasteiger partial charge >= 0.3 is 0 Å². The van der Waals surface area contributed by atoms with Crippen LogP contribution in [0.1, 0.15) is 133 Å². The maximum absolute atomic E-state index is 13.0. The standard InChI is InChI=1S/C28H27NO2.2C25H21NO4S.C15H30N2.C7H15N/c1-20-4-12-24(13-5-20)30-25-14-6-21(7-15-25)28(2,3)22-8-16-26(17-9-22)31-27-18-10-23(29)11-19-27;1-18-2-6-20(7-3-18)29-22-10-14-24(15-11-22)31(27,28)25-16-12-23(13-17-25)30-21-8-4-19(26)5-9-21;1-18-4-2-6-22(16-18)29-20-8-12-24(13-9-20)31(27,28)25-14-10-21(11-15-25)30-23-7-3-5-19(26)17-23;1-10-7-12(3-5-14(10)16)9-13-4-6-15(17)11(2)8-13;1-6-3-2-4-7(8)5-6/h4-19H,29H2,1-3H3;2*2-17H,26H2,1H3;10-15H,3-9,16-17H2,1-2H3;6-7H,2-5,8H2,1H3. The van der Waals surface area contributed by atoms with Crippen LogP contribution in [0.3, 0.4) is 0 Å². The average molecular weight is 1620 g/mol. The molecule has 12 N–H and O–H groups in total. The van der Waals surface area contributed by atoms with Gasteiger partial charge in [-0.2, -0.15) is 0 Å². The van der Waals surface area contributed by atoms with E-state index in [9.17, 15) is 16.8 Å². The quantitative estimate of drug-likeness (QED) is 0.0387. The fourth-order valence-corrected chi connectivity index (χ4v) is 17.4. The molecule has 0 aromatic heterocycles. The number of nitrogens with two attached hydrogens (primary N) is 6. The minimum absolute atomic E-state index is 0.151. The molecule has 0 bridgehead atoms. The zero-order chi connectivity index (χ0) is 83.9. The monoisotopic (exact) mass is 1620 g/mol. The van der Waals surface area contributed by atoms with Crippen LogP contribution in [0.25, 0.3) is 0 Å².